The van der Waals surface area contributed by atoms with E-state index < -0.39 is 11.6 Å². The number of ether oxygens (including phenoxy) is 1. The molecular formula is C20H18F2N2O. The molecule has 3 aromatic carbocycles. The number of benzene rings is 3. The quantitative estimate of drug-likeness (QED) is 0.614. The zero-order chi connectivity index (χ0) is 17.5. The Balaban J connectivity index is 1.50. The van der Waals surface area contributed by atoms with Crippen LogP contribution in [0.5, 0.6) is 5.75 Å². The van der Waals surface area contributed by atoms with Gasteiger partial charge in [0.15, 0.2) is 0 Å². The Morgan fingerprint density at radius 1 is 0.760 bits per heavy atom. The third kappa shape index (κ3) is 4.78. The minimum absolute atomic E-state index is 0.0692. The van der Waals surface area contributed by atoms with Crippen molar-refractivity contribution in [3.63, 3.8) is 0 Å². The summed E-state index contributed by atoms with van der Waals surface area (Å²) in [5, 5.41) is 0. The minimum Gasteiger partial charge on any atom is -0.489 e. The zero-order valence-electron chi connectivity index (χ0n) is 13.5. The van der Waals surface area contributed by atoms with Crippen molar-refractivity contribution in [3.8, 4) is 5.75 Å². The lowest BCUT2D eigenvalue weighted by Gasteiger charge is -2.10. The fourth-order valence-corrected chi connectivity index (χ4v) is 2.30. The van der Waals surface area contributed by atoms with Gasteiger partial charge in [0.25, 0.3) is 0 Å². The molecule has 0 spiro atoms. The molecule has 0 unspecified atom stereocenters. The number of rotatable bonds is 7. The number of hydrazine groups is 1. The van der Waals surface area contributed by atoms with E-state index >= 15 is 0 Å². The summed E-state index contributed by atoms with van der Waals surface area (Å²) in [7, 11) is 0. The van der Waals surface area contributed by atoms with Crippen molar-refractivity contribution in [3.05, 3.63) is 95.6 Å². The molecule has 0 aliphatic carbocycles. The molecule has 0 aromatic heterocycles. The van der Waals surface area contributed by atoms with Crippen molar-refractivity contribution in [1.82, 2.24) is 5.43 Å². The largest absolute Gasteiger partial charge is 0.489 e. The molecular weight excluding hydrogens is 322 g/mol. The predicted molar refractivity (Wildman–Crippen MR) is 94.0 cm³/mol. The van der Waals surface area contributed by atoms with Gasteiger partial charge in [-0.15, -0.1) is 0 Å². The van der Waals surface area contributed by atoms with E-state index in [0.717, 1.165) is 11.3 Å². The molecule has 0 aliphatic heterocycles. The molecule has 5 heteroatoms. The second-order valence-corrected chi connectivity index (χ2v) is 5.48. The van der Waals surface area contributed by atoms with Crippen molar-refractivity contribution in [2.24, 2.45) is 0 Å². The summed E-state index contributed by atoms with van der Waals surface area (Å²) in [6, 6.07) is 20.9. The van der Waals surface area contributed by atoms with E-state index in [1.165, 1.54) is 18.2 Å². The van der Waals surface area contributed by atoms with Gasteiger partial charge in [-0.25, -0.2) is 14.2 Å². The maximum absolute atomic E-state index is 13.6. The van der Waals surface area contributed by atoms with Crippen LogP contribution in [0, 0.1) is 11.6 Å². The summed E-state index contributed by atoms with van der Waals surface area (Å²) in [5.41, 5.74) is 8.18. The van der Waals surface area contributed by atoms with E-state index in [1.54, 1.807) is 12.1 Å². The molecule has 3 rings (SSSR count). The van der Waals surface area contributed by atoms with Crippen LogP contribution in [0.25, 0.3) is 0 Å². The number of hydrogen-bond donors (Lipinski definition) is 2. The first-order chi connectivity index (χ1) is 12.2. The van der Waals surface area contributed by atoms with E-state index in [2.05, 4.69) is 10.9 Å². The normalized spacial score (nSPS) is 10.5. The number of hydrogen-bond acceptors (Lipinski definition) is 3. The van der Waals surface area contributed by atoms with E-state index in [1.807, 2.05) is 42.5 Å². The molecule has 0 fully saturated rings. The molecule has 0 bridgehead atoms. The van der Waals surface area contributed by atoms with Gasteiger partial charge in [-0.2, -0.15) is 0 Å². The van der Waals surface area contributed by atoms with E-state index in [4.69, 9.17) is 4.74 Å². The fraction of sp³-hybridized carbons (Fsp3) is 0.100. The fourth-order valence-electron chi connectivity index (χ4n) is 2.30. The molecule has 3 nitrogen and oxygen atoms in total. The van der Waals surface area contributed by atoms with Gasteiger partial charge in [-0.05, 0) is 42.0 Å². The first-order valence-corrected chi connectivity index (χ1v) is 7.91. The average Bonchev–Trinajstić information content (AvgIpc) is 2.63. The van der Waals surface area contributed by atoms with Gasteiger partial charge in [0.2, 0.25) is 0 Å². The molecule has 128 valence electrons. The summed E-state index contributed by atoms with van der Waals surface area (Å²) in [6.45, 7) is 0.475. The Morgan fingerprint density at radius 2 is 1.44 bits per heavy atom. The van der Waals surface area contributed by atoms with E-state index in [9.17, 15) is 8.78 Å². The van der Waals surface area contributed by atoms with Crippen molar-refractivity contribution in [1.29, 1.82) is 0 Å². The van der Waals surface area contributed by atoms with Crippen molar-refractivity contribution in [2.75, 3.05) is 5.43 Å². The van der Waals surface area contributed by atoms with Crippen LogP contribution < -0.4 is 15.6 Å². The molecule has 0 radical (unpaired) electrons. The molecule has 2 N–H and O–H groups in total. The van der Waals surface area contributed by atoms with Gasteiger partial charge in [-0.3, -0.25) is 0 Å². The maximum Gasteiger partial charge on any atom is 0.132 e. The summed E-state index contributed by atoms with van der Waals surface area (Å²) in [4.78, 5) is 0. The SMILES string of the molecule is Fc1cccc(F)c1COc1ccc(CNNc2ccccc2)cc1. The first-order valence-electron chi connectivity index (χ1n) is 7.91. The van der Waals surface area contributed by atoms with Gasteiger partial charge in [-0.1, -0.05) is 36.4 Å². The lowest BCUT2D eigenvalue weighted by molar-refractivity contribution is 0.292. The third-order valence-corrected chi connectivity index (χ3v) is 3.67. The Labute approximate surface area is 145 Å². The highest BCUT2D eigenvalue weighted by atomic mass is 19.1. The van der Waals surface area contributed by atoms with Gasteiger partial charge >= 0.3 is 0 Å². The number of halogens is 2. The van der Waals surface area contributed by atoms with Gasteiger partial charge in [0, 0.05) is 12.2 Å². The molecule has 0 aliphatic rings. The summed E-state index contributed by atoms with van der Waals surface area (Å²) in [5.74, 6) is -0.650. The van der Waals surface area contributed by atoms with Crippen molar-refractivity contribution < 1.29 is 13.5 Å². The average molecular weight is 340 g/mol. The monoisotopic (exact) mass is 340 g/mol. The van der Waals surface area contributed by atoms with E-state index in [-0.39, 0.29) is 12.2 Å². The Morgan fingerprint density at radius 3 is 2.12 bits per heavy atom. The van der Waals surface area contributed by atoms with E-state index in [0.29, 0.717) is 12.3 Å². The third-order valence-electron chi connectivity index (χ3n) is 3.67. The Bertz CT molecular complexity index is 787. The topological polar surface area (TPSA) is 33.3 Å². The second kappa shape index (κ2) is 8.26. The molecule has 0 amide bonds. The zero-order valence-corrected chi connectivity index (χ0v) is 13.5. The molecule has 3 aromatic rings. The molecule has 0 saturated carbocycles. The van der Waals surface area contributed by atoms with Crippen LogP contribution in [-0.2, 0) is 13.2 Å². The van der Waals surface area contributed by atoms with Crippen molar-refractivity contribution in [2.45, 2.75) is 13.2 Å². The Kier molecular flexibility index (Phi) is 5.59. The molecule has 0 heterocycles. The van der Waals surface area contributed by atoms with Gasteiger partial charge in [0.1, 0.15) is 24.0 Å². The second-order valence-electron chi connectivity index (χ2n) is 5.48. The maximum atomic E-state index is 13.6. The van der Waals surface area contributed by atoms with Crippen LogP contribution in [-0.4, -0.2) is 0 Å². The summed E-state index contributed by atoms with van der Waals surface area (Å²) in [6.07, 6.45) is 0. The summed E-state index contributed by atoms with van der Waals surface area (Å²) < 4.78 is 32.6. The lowest BCUT2D eigenvalue weighted by Crippen LogP contribution is -2.20. The van der Waals surface area contributed by atoms with Crippen LogP contribution in [0.2, 0.25) is 0 Å². The van der Waals surface area contributed by atoms with Crippen LogP contribution in [0.1, 0.15) is 11.1 Å². The van der Waals surface area contributed by atoms with Gasteiger partial charge < -0.3 is 10.2 Å². The standard InChI is InChI=1S/C20H18F2N2O/c21-19-7-4-8-20(22)18(19)14-25-17-11-9-15(10-12-17)13-23-24-16-5-2-1-3-6-16/h1-12,23-24H,13-14H2. The van der Waals surface area contributed by atoms with Crippen molar-refractivity contribution >= 4 is 5.69 Å². The minimum atomic E-state index is -0.604. The number of para-hydroxylation sites is 1. The smallest absolute Gasteiger partial charge is 0.132 e. The highest BCUT2D eigenvalue weighted by Crippen LogP contribution is 2.17. The molecule has 25 heavy (non-hydrogen) atoms. The van der Waals surface area contributed by atoms with Gasteiger partial charge in [0.05, 0.1) is 5.56 Å². The summed E-state index contributed by atoms with van der Waals surface area (Å²) >= 11 is 0. The number of anilines is 1. The van der Waals surface area contributed by atoms with Crippen LogP contribution >= 0.6 is 0 Å². The van der Waals surface area contributed by atoms with Crippen LogP contribution in [0.4, 0.5) is 14.5 Å². The predicted octanol–water partition coefficient (Wildman–Crippen LogP) is 4.66. The first kappa shape index (κ1) is 16.9. The Hall–Kier alpha value is -2.92. The molecule has 0 saturated heterocycles. The van der Waals surface area contributed by atoms with Crippen LogP contribution in [0.15, 0.2) is 72.8 Å². The number of nitrogens with one attached hydrogen (secondary N) is 2. The highest BCUT2D eigenvalue weighted by molar-refractivity contribution is 5.41. The molecule has 0 atom stereocenters. The highest BCUT2D eigenvalue weighted by Gasteiger charge is 2.08. The lowest BCUT2D eigenvalue weighted by atomic mass is 10.2. The van der Waals surface area contributed by atoms with Crippen LogP contribution in [0.3, 0.4) is 0 Å².